The molecule has 0 radical (unpaired) electrons. The predicted octanol–water partition coefficient (Wildman–Crippen LogP) is 4.34. The molecule has 0 aromatic heterocycles. The number of rotatable bonds is 7. The van der Waals surface area contributed by atoms with Gasteiger partial charge in [-0.05, 0) is 35.9 Å². The van der Waals surface area contributed by atoms with Crippen LogP contribution in [0.2, 0.25) is 5.02 Å². The standard InChI is InChI=1S/C25H26ClN3O3S/c26-21-10-12-22(13-11-21)33(31,32)29-18-16-28(17-19-29)15-14-25(30)27-24-9-5-4-8-23(24)20-6-2-1-3-7-20/h1-13H,14-19H2,(H,27,30). The minimum atomic E-state index is -3.54. The van der Waals surface area contributed by atoms with Crippen LogP contribution in [0.4, 0.5) is 5.69 Å². The van der Waals surface area contributed by atoms with Gasteiger partial charge in [0, 0.05) is 55.4 Å². The van der Waals surface area contributed by atoms with Crippen molar-refractivity contribution in [3.05, 3.63) is 83.9 Å². The van der Waals surface area contributed by atoms with Crippen molar-refractivity contribution in [2.45, 2.75) is 11.3 Å². The third-order valence-corrected chi connectivity index (χ3v) is 7.89. The molecule has 33 heavy (non-hydrogen) atoms. The van der Waals surface area contributed by atoms with Gasteiger partial charge in [-0.1, -0.05) is 60.1 Å². The third-order valence-electron chi connectivity index (χ3n) is 5.72. The summed E-state index contributed by atoms with van der Waals surface area (Å²) in [5.74, 6) is -0.0606. The maximum absolute atomic E-state index is 12.8. The van der Waals surface area contributed by atoms with Crippen molar-refractivity contribution in [3.63, 3.8) is 0 Å². The Bertz CT molecular complexity index is 1190. The van der Waals surface area contributed by atoms with E-state index in [1.54, 1.807) is 12.1 Å². The molecule has 1 saturated heterocycles. The Morgan fingerprint density at radius 3 is 2.18 bits per heavy atom. The van der Waals surface area contributed by atoms with Gasteiger partial charge in [0.1, 0.15) is 0 Å². The van der Waals surface area contributed by atoms with E-state index in [0.717, 1.165) is 16.8 Å². The van der Waals surface area contributed by atoms with Crippen LogP contribution in [0.15, 0.2) is 83.8 Å². The minimum absolute atomic E-state index is 0.0606. The molecule has 1 N–H and O–H groups in total. The first-order valence-electron chi connectivity index (χ1n) is 10.9. The molecule has 1 amide bonds. The Morgan fingerprint density at radius 1 is 0.848 bits per heavy atom. The average molecular weight is 484 g/mol. The second-order valence-corrected chi connectivity index (χ2v) is 10.3. The molecule has 6 nitrogen and oxygen atoms in total. The summed E-state index contributed by atoms with van der Waals surface area (Å²) in [4.78, 5) is 15.0. The Hall–Kier alpha value is -2.71. The van der Waals surface area contributed by atoms with E-state index in [2.05, 4.69) is 10.2 Å². The van der Waals surface area contributed by atoms with Gasteiger partial charge in [-0.15, -0.1) is 0 Å². The number of amides is 1. The van der Waals surface area contributed by atoms with Crippen LogP contribution in [-0.4, -0.2) is 56.3 Å². The fourth-order valence-corrected chi connectivity index (χ4v) is 5.43. The van der Waals surface area contributed by atoms with Gasteiger partial charge in [0.05, 0.1) is 4.90 Å². The van der Waals surface area contributed by atoms with E-state index in [1.165, 1.54) is 16.4 Å². The molecule has 3 aromatic carbocycles. The van der Waals surface area contributed by atoms with Crippen LogP contribution < -0.4 is 5.32 Å². The lowest BCUT2D eigenvalue weighted by molar-refractivity contribution is -0.116. The molecular weight excluding hydrogens is 458 g/mol. The van der Waals surface area contributed by atoms with E-state index >= 15 is 0 Å². The lowest BCUT2D eigenvalue weighted by Gasteiger charge is -2.33. The topological polar surface area (TPSA) is 69.7 Å². The van der Waals surface area contributed by atoms with Gasteiger partial charge in [-0.25, -0.2) is 8.42 Å². The van der Waals surface area contributed by atoms with Crippen LogP contribution in [0.5, 0.6) is 0 Å². The molecule has 0 spiro atoms. The Balaban J connectivity index is 1.29. The molecule has 0 aliphatic carbocycles. The molecule has 0 bridgehead atoms. The number of sulfonamides is 1. The average Bonchev–Trinajstić information content (AvgIpc) is 2.84. The number of para-hydroxylation sites is 1. The highest BCUT2D eigenvalue weighted by atomic mass is 35.5. The van der Waals surface area contributed by atoms with E-state index in [1.807, 2.05) is 54.6 Å². The summed E-state index contributed by atoms with van der Waals surface area (Å²) < 4.78 is 27.1. The lowest BCUT2D eigenvalue weighted by atomic mass is 10.0. The van der Waals surface area contributed by atoms with Crippen molar-refractivity contribution >= 4 is 33.2 Å². The number of hydrogen-bond donors (Lipinski definition) is 1. The highest BCUT2D eigenvalue weighted by Crippen LogP contribution is 2.27. The van der Waals surface area contributed by atoms with E-state index in [9.17, 15) is 13.2 Å². The first kappa shape index (κ1) is 23.4. The number of halogens is 1. The molecule has 0 unspecified atom stereocenters. The number of carbonyl (C=O) groups is 1. The fourth-order valence-electron chi connectivity index (χ4n) is 3.88. The summed E-state index contributed by atoms with van der Waals surface area (Å²) in [6.07, 6.45) is 0.340. The first-order valence-corrected chi connectivity index (χ1v) is 12.7. The SMILES string of the molecule is O=C(CCN1CCN(S(=O)(=O)c2ccc(Cl)cc2)CC1)Nc1ccccc1-c1ccccc1. The minimum Gasteiger partial charge on any atom is -0.325 e. The van der Waals surface area contributed by atoms with Crippen LogP contribution >= 0.6 is 11.6 Å². The van der Waals surface area contributed by atoms with Crippen molar-refractivity contribution in [3.8, 4) is 11.1 Å². The monoisotopic (exact) mass is 483 g/mol. The molecule has 0 saturated carbocycles. The van der Waals surface area contributed by atoms with Crippen LogP contribution in [0.25, 0.3) is 11.1 Å². The second kappa shape index (κ2) is 10.5. The molecule has 4 rings (SSSR count). The van der Waals surface area contributed by atoms with Crippen LogP contribution in [0, 0.1) is 0 Å². The third kappa shape index (κ3) is 5.81. The molecular formula is C25H26ClN3O3S. The van der Waals surface area contributed by atoms with Crippen molar-refractivity contribution < 1.29 is 13.2 Å². The highest BCUT2D eigenvalue weighted by Gasteiger charge is 2.28. The van der Waals surface area contributed by atoms with Gasteiger partial charge in [-0.3, -0.25) is 4.79 Å². The molecule has 8 heteroatoms. The molecule has 1 fully saturated rings. The summed E-state index contributed by atoms with van der Waals surface area (Å²) in [5.41, 5.74) is 2.81. The van der Waals surface area contributed by atoms with E-state index < -0.39 is 10.0 Å². The van der Waals surface area contributed by atoms with E-state index in [0.29, 0.717) is 44.2 Å². The van der Waals surface area contributed by atoms with Gasteiger partial charge in [0.2, 0.25) is 15.9 Å². The zero-order valence-electron chi connectivity index (χ0n) is 18.2. The molecule has 1 aliphatic heterocycles. The van der Waals surface area contributed by atoms with Crippen molar-refractivity contribution in [1.29, 1.82) is 0 Å². The Morgan fingerprint density at radius 2 is 1.48 bits per heavy atom. The summed E-state index contributed by atoms with van der Waals surface area (Å²) in [5, 5.41) is 3.53. The zero-order valence-corrected chi connectivity index (χ0v) is 19.7. The number of hydrogen-bond acceptors (Lipinski definition) is 4. The summed E-state index contributed by atoms with van der Waals surface area (Å²) >= 11 is 5.87. The van der Waals surface area contributed by atoms with Crippen LogP contribution in [0.1, 0.15) is 6.42 Å². The van der Waals surface area contributed by atoms with Gasteiger partial charge in [0.15, 0.2) is 0 Å². The van der Waals surface area contributed by atoms with Gasteiger partial charge < -0.3 is 10.2 Å². The first-order chi connectivity index (χ1) is 15.9. The van der Waals surface area contributed by atoms with Gasteiger partial charge in [-0.2, -0.15) is 4.31 Å². The normalized spacial score (nSPS) is 15.3. The zero-order chi connectivity index (χ0) is 23.3. The number of anilines is 1. The van der Waals surface area contributed by atoms with Crippen molar-refractivity contribution in [2.75, 3.05) is 38.0 Å². The van der Waals surface area contributed by atoms with Gasteiger partial charge >= 0.3 is 0 Å². The Kier molecular flexibility index (Phi) is 7.45. The Labute approximate surface area is 199 Å². The molecule has 0 atom stereocenters. The van der Waals surface area contributed by atoms with Gasteiger partial charge in [0.25, 0.3) is 0 Å². The molecule has 1 aliphatic rings. The molecule has 172 valence electrons. The fraction of sp³-hybridized carbons (Fsp3) is 0.240. The molecule has 1 heterocycles. The predicted molar refractivity (Wildman–Crippen MR) is 132 cm³/mol. The van der Waals surface area contributed by atoms with Crippen LogP contribution in [-0.2, 0) is 14.8 Å². The van der Waals surface area contributed by atoms with Crippen molar-refractivity contribution in [2.24, 2.45) is 0 Å². The maximum Gasteiger partial charge on any atom is 0.243 e. The highest BCUT2D eigenvalue weighted by molar-refractivity contribution is 7.89. The summed E-state index contributed by atoms with van der Waals surface area (Å²) in [7, 11) is -3.54. The summed E-state index contributed by atoms with van der Waals surface area (Å²) in [6, 6.07) is 23.9. The smallest absolute Gasteiger partial charge is 0.243 e. The maximum atomic E-state index is 12.8. The number of nitrogens with one attached hydrogen (secondary N) is 1. The second-order valence-electron chi connectivity index (χ2n) is 7.91. The number of carbonyl (C=O) groups excluding carboxylic acids is 1. The lowest BCUT2D eigenvalue weighted by Crippen LogP contribution is -2.49. The number of piperazine rings is 1. The largest absolute Gasteiger partial charge is 0.325 e. The van der Waals surface area contributed by atoms with Crippen molar-refractivity contribution in [1.82, 2.24) is 9.21 Å². The number of nitrogens with zero attached hydrogens (tertiary/aromatic N) is 2. The van der Waals surface area contributed by atoms with E-state index in [-0.39, 0.29) is 10.8 Å². The van der Waals surface area contributed by atoms with Crippen LogP contribution in [0.3, 0.4) is 0 Å². The number of benzene rings is 3. The molecule has 3 aromatic rings. The quantitative estimate of drug-likeness (QED) is 0.542. The summed E-state index contributed by atoms with van der Waals surface area (Å²) in [6.45, 7) is 2.53. The van der Waals surface area contributed by atoms with E-state index in [4.69, 9.17) is 11.6 Å².